The zero-order chi connectivity index (χ0) is 19.1. The average Bonchev–Trinajstić information content (AvgIpc) is 2.73. The van der Waals surface area contributed by atoms with E-state index in [-0.39, 0.29) is 5.75 Å². The van der Waals surface area contributed by atoms with Gasteiger partial charge >= 0.3 is 0 Å². The zero-order valence-corrected chi connectivity index (χ0v) is 15.3. The number of anilines is 3. The van der Waals surface area contributed by atoms with Gasteiger partial charge in [0.05, 0.1) is 0 Å². The molecular formula is C22H21N3O3. The molecule has 0 saturated carbocycles. The lowest BCUT2D eigenvalue weighted by Crippen LogP contribution is -2.33. The van der Waals surface area contributed by atoms with Gasteiger partial charge in [-0.15, -0.1) is 0 Å². The summed E-state index contributed by atoms with van der Waals surface area (Å²) in [6.07, 6.45) is 0. The summed E-state index contributed by atoms with van der Waals surface area (Å²) in [6, 6.07) is 19.2. The number of hydrogen-bond donors (Lipinski definition) is 2. The fourth-order valence-corrected chi connectivity index (χ4v) is 3.68. The molecule has 2 heterocycles. The molecule has 3 aromatic rings. The van der Waals surface area contributed by atoms with E-state index >= 15 is 0 Å². The Morgan fingerprint density at radius 2 is 1.29 bits per heavy atom. The van der Waals surface area contributed by atoms with Crippen molar-refractivity contribution in [3.63, 3.8) is 0 Å². The number of rotatable bonds is 2. The lowest BCUT2D eigenvalue weighted by Gasteiger charge is -2.34. The lowest BCUT2D eigenvalue weighted by atomic mass is 10.1. The third-order valence-electron chi connectivity index (χ3n) is 5.18. The largest absolute Gasteiger partial charge is 0.508 e. The van der Waals surface area contributed by atoms with E-state index in [0.717, 1.165) is 52.8 Å². The van der Waals surface area contributed by atoms with E-state index in [2.05, 4.69) is 21.9 Å². The van der Waals surface area contributed by atoms with Gasteiger partial charge in [-0.05, 0) is 60.7 Å². The number of phenols is 1. The first kappa shape index (κ1) is 16.6. The minimum Gasteiger partial charge on any atom is -0.508 e. The van der Waals surface area contributed by atoms with Crippen LogP contribution in [0.1, 0.15) is 11.1 Å². The van der Waals surface area contributed by atoms with Crippen molar-refractivity contribution < 1.29 is 14.6 Å². The molecule has 6 nitrogen and oxygen atoms in total. The van der Waals surface area contributed by atoms with Crippen LogP contribution in [-0.2, 0) is 13.1 Å². The van der Waals surface area contributed by atoms with Crippen molar-refractivity contribution in [2.45, 2.75) is 13.1 Å². The highest BCUT2D eigenvalue weighted by atomic mass is 16.5. The van der Waals surface area contributed by atoms with E-state index in [1.54, 1.807) is 12.1 Å². The van der Waals surface area contributed by atoms with Crippen LogP contribution in [0.25, 0.3) is 0 Å². The van der Waals surface area contributed by atoms with E-state index < -0.39 is 0 Å². The topological polar surface area (TPSA) is 71.2 Å². The molecule has 2 aliphatic heterocycles. The van der Waals surface area contributed by atoms with Crippen LogP contribution in [0.5, 0.6) is 17.2 Å². The van der Waals surface area contributed by atoms with Crippen LogP contribution in [0.2, 0.25) is 0 Å². The summed E-state index contributed by atoms with van der Waals surface area (Å²) in [5, 5.41) is 9.51. The molecule has 0 unspecified atom stereocenters. The molecule has 3 N–H and O–H groups in total. The highest BCUT2D eigenvalue weighted by Crippen LogP contribution is 2.35. The Morgan fingerprint density at radius 1 is 0.714 bits per heavy atom. The molecule has 0 aliphatic carbocycles. The Labute approximate surface area is 163 Å². The van der Waals surface area contributed by atoms with Gasteiger partial charge in [0.2, 0.25) is 0 Å². The number of ether oxygens (including phenoxy) is 2. The molecule has 3 aromatic carbocycles. The van der Waals surface area contributed by atoms with Gasteiger partial charge in [-0.25, -0.2) is 0 Å². The van der Waals surface area contributed by atoms with Crippen molar-refractivity contribution in [3.05, 3.63) is 71.8 Å². The van der Waals surface area contributed by atoms with Gasteiger partial charge in [-0.3, -0.25) is 0 Å². The molecule has 142 valence electrons. The first-order valence-corrected chi connectivity index (χ1v) is 9.21. The van der Waals surface area contributed by atoms with Gasteiger partial charge < -0.3 is 30.1 Å². The summed E-state index contributed by atoms with van der Waals surface area (Å²) in [5.74, 6) is 2.06. The number of benzene rings is 3. The SMILES string of the molecule is Nc1ccc2c(c1)CN(c1ccc3c(c1)CN(c1ccc(O)cc1)CO3)CO2. The van der Waals surface area contributed by atoms with E-state index in [1.807, 2.05) is 36.4 Å². The molecule has 0 bridgehead atoms. The van der Waals surface area contributed by atoms with Gasteiger partial charge in [0, 0.05) is 41.3 Å². The average molecular weight is 375 g/mol. The summed E-state index contributed by atoms with van der Waals surface area (Å²) >= 11 is 0. The third kappa shape index (κ3) is 3.03. The molecule has 0 aromatic heterocycles. The van der Waals surface area contributed by atoms with E-state index in [4.69, 9.17) is 15.2 Å². The molecule has 0 amide bonds. The summed E-state index contributed by atoms with van der Waals surface area (Å²) in [6.45, 7) is 2.47. The maximum absolute atomic E-state index is 9.51. The smallest absolute Gasteiger partial charge is 0.161 e. The van der Waals surface area contributed by atoms with Gasteiger partial charge in [0.25, 0.3) is 0 Å². The normalized spacial score (nSPS) is 15.3. The first-order valence-electron chi connectivity index (χ1n) is 9.21. The number of nitrogen functional groups attached to an aromatic ring is 1. The highest BCUT2D eigenvalue weighted by molar-refractivity contribution is 5.59. The molecule has 0 saturated heterocycles. The molecule has 28 heavy (non-hydrogen) atoms. The number of aromatic hydroxyl groups is 1. The summed E-state index contributed by atoms with van der Waals surface area (Å²) in [7, 11) is 0. The van der Waals surface area contributed by atoms with Crippen LogP contribution >= 0.6 is 0 Å². The molecule has 0 radical (unpaired) electrons. The second-order valence-corrected chi connectivity index (χ2v) is 7.12. The van der Waals surface area contributed by atoms with Crippen LogP contribution in [0.4, 0.5) is 17.1 Å². The minimum atomic E-state index is 0.260. The van der Waals surface area contributed by atoms with Crippen molar-refractivity contribution in [1.82, 2.24) is 0 Å². The molecule has 5 rings (SSSR count). The Hall–Kier alpha value is -3.54. The number of fused-ring (bicyclic) bond motifs is 2. The molecule has 0 spiro atoms. The van der Waals surface area contributed by atoms with Crippen LogP contribution in [0, 0.1) is 0 Å². The third-order valence-corrected chi connectivity index (χ3v) is 5.18. The van der Waals surface area contributed by atoms with Gasteiger partial charge in [-0.1, -0.05) is 0 Å². The summed E-state index contributed by atoms with van der Waals surface area (Å²) in [4.78, 5) is 4.32. The Balaban J connectivity index is 1.39. The maximum Gasteiger partial charge on any atom is 0.161 e. The quantitative estimate of drug-likeness (QED) is 0.666. The van der Waals surface area contributed by atoms with Gasteiger partial charge in [-0.2, -0.15) is 0 Å². The van der Waals surface area contributed by atoms with Crippen molar-refractivity contribution in [3.8, 4) is 17.2 Å². The minimum absolute atomic E-state index is 0.260. The zero-order valence-electron chi connectivity index (χ0n) is 15.3. The van der Waals surface area contributed by atoms with Crippen molar-refractivity contribution >= 4 is 17.1 Å². The predicted octanol–water partition coefficient (Wildman–Crippen LogP) is 3.69. The standard InChI is InChI=1S/C22H21N3O3/c23-17-1-7-21-15(9-17)11-25(14-28-21)19-4-8-22-16(10-19)12-24(13-27-22)18-2-5-20(26)6-3-18/h1-10,26H,11-14,23H2. The monoisotopic (exact) mass is 375 g/mol. The van der Waals surface area contributed by atoms with E-state index in [9.17, 15) is 5.11 Å². The van der Waals surface area contributed by atoms with Crippen LogP contribution in [-0.4, -0.2) is 18.6 Å². The highest BCUT2D eigenvalue weighted by Gasteiger charge is 2.22. The summed E-state index contributed by atoms with van der Waals surface area (Å²) in [5.41, 5.74) is 11.0. The fourth-order valence-electron chi connectivity index (χ4n) is 3.68. The fraction of sp³-hybridized carbons (Fsp3) is 0.182. The number of hydrogen-bond acceptors (Lipinski definition) is 6. The van der Waals surface area contributed by atoms with Crippen molar-refractivity contribution in [2.75, 3.05) is 29.0 Å². The molecule has 0 fully saturated rings. The number of nitrogens with zero attached hydrogens (tertiary/aromatic N) is 2. The second kappa shape index (κ2) is 6.56. The summed E-state index contributed by atoms with van der Waals surface area (Å²) < 4.78 is 11.8. The Morgan fingerprint density at radius 3 is 2.00 bits per heavy atom. The van der Waals surface area contributed by atoms with Crippen molar-refractivity contribution in [1.29, 1.82) is 0 Å². The number of nitrogens with two attached hydrogens (primary N) is 1. The van der Waals surface area contributed by atoms with E-state index in [1.165, 1.54) is 0 Å². The predicted molar refractivity (Wildman–Crippen MR) is 109 cm³/mol. The molecule has 6 heteroatoms. The lowest BCUT2D eigenvalue weighted by molar-refractivity contribution is 0.285. The Bertz CT molecular complexity index is 1020. The molecule has 0 atom stereocenters. The van der Waals surface area contributed by atoms with Crippen LogP contribution in [0.15, 0.2) is 60.7 Å². The number of phenolic OH excluding ortho intramolecular Hbond substituents is 1. The van der Waals surface area contributed by atoms with Gasteiger partial charge in [0.15, 0.2) is 13.5 Å². The molecule has 2 aliphatic rings. The van der Waals surface area contributed by atoms with Crippen LogP contribution < -0.4 is 25.0 Å². The van der Waals surface area contributed by atoms with Gasteiger partial charge in [0.1, 0.15) is 17.2 Å². The second-order valence-electron chi connectivity index (χ2n) is 7.12. The Kier molecular flexibility index (Phi) is 3.90. The maximum atomic E-state index is 9.51. The molecular weight excluding hydrogens is 354 g/mol. The van der Waals surface area contributed by atoms with Crippen LogP contribution in [0.3, 0.4) is 0 Å². The first-order chi connectivity index (χ1) is 13.7. The van der Waals surface area contributed by atoms with E-state index in [0.29, 0.717) is 13.5 Å². The van der Waals surface area contributed by atoms with Crippen molar-refractivity contribution in [2.24, 2.45) is 0 Å².